The van der Waals surface area contributed by atoms with Crippen LogP contribution in [0.4, 0.5) is 4.79 Å². The molecular weight excluding hydrogens is 252 g/mol. The number of likely N-dealkylation sites (tertiary alicyclic amines) is 1. The number of carbonyl (C=O) groups is 1. The molecule has 1 aromatic heterocycles. The van der Waals surface area contributed by atoms with Crippen LogP contribution in [0.15, 0.2) is 18.7 Å². The zero-order chi connectivity index (χ0) is 14.2. The molecular formula is C15H26N4O. The van der Waals surface area contributed by atoms with Gasteiger partial charge in [-0.15, -0.1) is 0 Å². The van der Waals surface area contributed by atoms with Crippen molar-refractivity contribution in [3.05, 3.63) is 18.7 Å². The molecule has 2 heterocycles. The Hall–Kier alpha value is -1.52. The fourth-order valence-corrected chi connectivity index (χ4v) is 2.64. The first-order valence-corrected chi connectivity index (χ1v) is 7.80. The largest absolute Gasteiger partial charge is 0.335 e. The van der Waals surface area contributed by atoms with Crippen LogP contribution in [-0.4, -0.2) is 39.6 Å². The molecule has 1 aromatic rings. The van der Waals surface area contributed by atoms with Gasteiger partial charge in [0.2, 0.25) is 0 Å². The molecule has 1 unspecified atom stereocenters. The summed E-state index contributed by atoms with van der Waals surface area (Å²) in [5.74, 6) is 0. The van der Waals surface area contributed by atoms with E-state index in [1.54, 1.807) is 12.5 Å². The van der Waals surface area contributed by atoms with E-state index in [2.05, 4.69) is 17.2 Å². The minimum absolute atomic E-state index is 0.0962. The molecule has 20 heavy (non-hydrogen) atoms. The Morgan fingerprint density at radius 3 is 2.55 bits per heavy atom. The standard InChI is InChI=1S/C15H26N4O/c1-2-14(12-18-11-8-16-13-18)17-15(20)19-9-6-4-3-5-7-10-19/h8,11,13-14H,2-7,9-10,12H2,1H3,(H,17,20). The third-order valence-electron chi connectivity index (χ3n) is 3.95. The number of imidazole rings is 1. The van der Waals surface area contributed by atoms with Crippen molar-refractivity contribution >= 4 is 6.03 Å². The molecule has 2 rings (SSSR count). The average Bonchev–Trinajstić information content (AvgIpc) is 2.90. The second kappa shape index (κ2) is 7.92. The highest BCUT2D eigenvalue weighted by Gasteiger charge is 2.17. The SMILES string of the molecule is CCC(Cn1ccnc1)NC(=O)N1CCCCCCC1. The molecule has 2 amide bonds. The van der Waals surface area contributed by atoms with E-state index in [0.717, 1.165) is 38.9 Å². The van der Waals surface area contributed by atoms with Gasteiger partial charge in [0.15, 0.2) is 0 Å². The lowest BCUT2D eigenvalue weighted by atomic mass is 10.1. The summed E-state index contributed by atoms with van der Waals surface area (Å²) in [6, 6.07) is 0.265. The van der Waals surface area contributed by atoms with E-state index < -0.39 is 0 Å². The first kappa shape index (κ1) is 14.9. The van der Waals surface area contributed by atoms with Crippen LogP contribution >= 0.6 is 0 Å². The van der Waals surface area contributed by atoms with Crippen LogP contribution in [0.1, 0.15) is 45.4 Å². The predicted molar refractivity (Wildman–Crippen MR) is 79.5 cm³/mol. The summed E-state index contributed by atoms with van der Waals surface area (Å²) in [6.45, 7) is 4.69. The predicted octanol–water partition coefficient (Wildman–Crippen LogP) is 2.64. The summed E-state index contributed by atoms with van der Waals surface area (Å²) in [4.78, 5) is 18.4. The summed E-state index contributed by atoms with van der Waals surface area (Å²) in [7, 11) is 0. The molecule has 1 fully saturated rings. The van der Waals surface area contributed by atoms with E-state index in [0.29, 0.717) is 0 Å². The van der Waals surface area contributed by atoms with Crippen molar-refractivity contribution in [2.75, 3.05) is 13.1 Å². The van der Waals surface area contributed by atoms with Gasteiger partial charge in [-0.05, 0) is 19.3 Å². The number of rotatable bonds is 4. The van der Waals surface area contributed by atoms with E-state index in [9.17, 15) is 4.79 Å². The Balaban J connectivity index is 1.83. The van der Waals surface area contributed by atoms with Crippen molar-refractivity contribution in [1.82, 2.24) is 19.8 Å². The molecule has 0 radical (unpaired) electrons. The number of nitrogens with one attached hydrogen (secondary N) is 1. The summed E-state index contributed by atoms with van der Waals surface area (Å²) in [5.41, 5.74) is 0. The number of nitrogens with zero attached hydrogens (tertiary/aromatic N) is 3. The Bertz CT molecular complexity index is 383. The van der Waals surface area contributed by atoms with Crippen LogP contribution in [0.3, 0.4) is 0 Å². The van der Waals surface area contributed by atoms with Gasteiger partial charge < -0.3 is 14.8 Å². The molecule has 1 saturated heterocycles. The second-order valence-corrected chi connectivity index (χ2v) is 5.57. The van der Waals surface area contributed by atoms with E-state index >= 15 is 0 Å². The van der Waals surface area contributed by atoms with E-state index in [1.807, 2.05) is 15.7 Å². The summed E-state index contributed by atoms with van der Waals surface area (Å²) >= 11 is 0. The van der Waals surface area contributed by atoms with Crippen LogP contribution in [0.2, 0.25) is 0 Å². The molecule has 5 nitrogen and oxygen atoms in total. The van der Waals surface area contributed by atoms with Crippen LogP contribution in [0, 0.1) is 0 Å². The van der Waals surface area contributed by atoms with Gasteiger partial charge in [0.1, 0.15) is 0 Å². The minimum Gasteiger partial charge on any atom is -0.335 e. The van der Waals surface area contributed by atoms with E-state index in [4.69, 9.17) is 0 Å². The van der Waals surface area contributed by atoms with Crippen molar-refractivity contribution in [1.29, 1.82) is 0 Å². The normalized spacial score (nSPS) is 18.1. The number of hydrogen-bond acceptors (Lipinski definition) is 2. The summed E-state index contributed by atoms with van der Waals surface area (Å²) in [5, 5.41) is 3.16. The maximum absolute atomic E-state index is 12.4. The lowest BCUT2D eigenvalue weighted by molar-refractivity contribution is 0.186. The number of urea groups is 1. The molecule has 0 spiro atoms. The highest BCUT2D eigenvalue weighted by atomic mass is 16.2. The third kappa shape index (κ3) is 4.54. The number of aromatic nitrogens is 2. The first-order valence-electron chi connectivity index (χ1n) is 7.80. The molecule has 1 atom stereocenters. The van der Waals surface area contributed by atoms with E-state index in [1.165, 1.54) is 19.3 Å². The number of carbonyl (C=O) groups excluding carboxylic acids is 1. The number of amides is 2. The molecule has 1 N–H and O–H groups in total. The topological polar surface area (TPSA) is 50.2 Å². The summed E-state index contributed by atoms with van der Waals surface area (Å²) < 4.78 is 2.02. The zero-order valence-electron chi connectivity index (χ0n) is 12.4. The number of hydrogen-bond donors (Lipinski definition) is 1. The average molecular weight is 278 g/mol. The Kier molecular flexibility index (Phi) is 5.89. The smallest absolute Gasteiger partial charge is 0.317 e. The van der Waals surface area contributed by atoms with Crippen molar-refractivity contribution < 1.29 is 4.79 Å². The molecule has 0 aliphatic carbocycles. The van der Waals surface area contributed by atoms with Gasteiger partial charge in [0.25, 0.3) is 0 Å². The van der Waals surface area contributed by atoms with Gasteiger partial charge in [-0.25, -0.2) is 9.78 Å². The quantitative estimate of drug-likeness (QED) is 0.920. The second-order valence-electron chi connectivity index (χ2n) is 5.57. The van der Waals surface area contributed by atoms with Crippen molar-refractivity contribution in [3.8, 4) is 0 Å². The Morgan fingerprint density at radius 1 is 1.25 bits per heavy atom. The fourth-order valence-electron chi connectivity index (χ4n) is 2.64. The monoisotopic (exact) mass is 278 g/mol. The van der Waals surface area contributed by atoms with Gasteiger partial charge in [0, 0.05) is 38.1 Å². The highest BCUT2D eigenvalue weighted by molar-refractivity contribution is 5.74. The lowest BCUT2D eigenvalue weighted by Gasteiger charge is -2.27. The maximum Gasteiger partial charge on any atom is 0.317 e. The Labute approximate surface area is 121 Å². The van der Waals surface area contributed by atoms with Crippen LogP contribution < -0.4 is 5.32 Å². The molecule has 0 aromatic carbocycles. The molecule has 5 heteroatoms. The van der Waals surface area contributed by atoms with Crippen LogP contribution in [0.5, 0.6) is 0 Å². The van der Waals surface area contributed by atoms with Crippen molar-refractivity contribution in [2.24, 2.45) is 0 Å². The van der Waals surface area contributed by atoms with Gasteiger partial charge in [-0.2, -0.15) is 0 Å². The zero-order valence-corrected chi connectivity index (χ0v) is 12.4. The van der Waals surface area contributed by atoms with Gasteiger partial charge in [0.05, 0.1) is 6.33 Å². The minimum atomic E-state index is 0.0962. The molecule has 112 valence electrons. The molecule has 0 saturated carbocycles. The lowest BCUT2D eigenvalue weighted by Crippen LogP contribution is -2.47. The molecule has 0 bridgehead atoms. The van der Waals surface area contributed by atoms with Gasteiger partial charge >= 0.3 is 6.03 Å². The van der Waals surface area contributed by atoms with Crippen molar-refractivity contribution in [3.63, 3.8) is 0 Å². The summed E-state index contributed by atoms with van der Waals surface area (Å²) in [6.07, 6.45) is 12.5. The van der Waals surface area contributed by atoms with Gasteiger partial charge in [-0.3, -0.25) is 0 Å². The Morgan fingerprint density at radius 2 is 1.95 bits per heavy atom. The fraction of sp³-hybridized carbons (Fsp3) is 0.733. The van der Waals surface area contributed by atoms with Crippen molar-refractivity contribution in [2.45, 2.75) is 58.0 Å². The molecule has 1 aliphatic heterocycles. The van der Waals surface area contributed by atoms with Crippen LogP contribution in [0.25, 0.3) is 0 Å². The van der Waals surface area contributed by atoms with Crippen LogP contribution in [-0.2, 0) is 6.54 Å². The van der Waals surface area contributed by atoms with Gasteiger partial charge in [-0.1, -0.05) is 26.2 Å². The maximum atomic E-state index is 12.4. The molecule has 1 aliphatic rings. The van der Waals surface area contributed by atoms with E-state index in [-0.39, 0.29) is 12.1 Å². The first-order chi connectivity index (χ1) is 9.79. The third-order valence-corrected chi connectivity index (χ3v) is 3.95. The highest BCUT2D eigenvalue weighted by Crippen LogP contribution is 2.11.